The number of hydrogen-bond donors (Lipinski definition) is 1. The standard InChI is InChI=1S/C22H20FN3O3/c23-17-3-8-20(9-4-17)29-19-6-1-16(2-7-19)22(27)25-18-5-10-21(24-15-18)26-11-13-28-14-12-26/h1-10,15H,11-14H2,(H,25,27). The summed E-state index contributed by atoms with van der Waals surface area (Å²) in [6.45, 7) is 3.01. The molecular weight excluding hydrogens is 373 g/mol. The van der Waals surface area contributed by atoms with Crippen LogP contribution in [-0.2, 0) is 4.74 Å². The Morgan fingerprint density at radius 3 is 2.24 bits per heavy atom. The number of morpholine rings is 1. The van der Waals surface area contributed by atoms with E-state index in [0.29, 0.717) is 36.0 Å². The molecule has 0 spiro atoms. The third kappa shape index (κ3) is 4.89. The average Bonchev–Trinajstić information content (AvgIpc) is 2.77. The number of anilines is 2. The first kappa shape index (κ1) is 18.9. The van der Waals surface area contributed by atoms with Crippen molar-refractivity contribution in [1.82, 2.24) is 4.98 Å². The highest BCUT2D eigenvalue weighted by atomic mass is 19.1. The van der Waals surface area contributed by atoms with E-state index in [4.69, 9.17) is 9.47 Å². The summed E-state index contributed by atoms with van der Waals surface area (Å²) in [6, 6.07) is 16.2. The van der Waals surface area contributed by atoms with Crippen LogP contribution in [0.15, 0.2) is 66.9 Å². The van der Waals surface area contributed by atoms with Gasteiger partial charge in [0.2, 0.25) is 0 Å². The van der Waals surface area contributed by atoms with E-state index in [0.717, 1.165) is 18.9 Å². The van der Waals surface area contributed by atoms with E-state index in [1.165, 1.54) is 12.1 Å². The van der Waals surface area contributed by atoms with Crippen molar-refractivity contribution >= 4 is 17.4 Å². The minimum atomic E-state index is -0.322. The molecule has 0 unspecified atom stereocenters. The van der Waals surface area contributed by atoms with Crippen LogP contribution in [0.1, 0.15) is 10.4 Å². The van der Waals surface area contributed by atoms with Gasteiger partial charge in [-0.3, -0.25) is 4.79 Å². The van der Waals surface area contributed by atoms with Crippen molar-refractivity contribution in [2.75, 3.05) is 36.5 Å². The van der Waals surface area contributed by atoms with Gasteiger partial charge in [-0.15, -0.1) is 0 Å². The zero-order valence-corrected chi connectivity index (χ0v) is 15.7. The summed E-state index contributed by atoms with van der Waals surface area (Å²) in [7, 11) is 0. The van der Waals surface area contributed by atoms with Gasteiger partial charge in [-0.1, -0.05) is 0 Å². The van der Waals surface area contributed by atoms with E-state index >= 15 is 0 Å². The molecule has 3 aromatic rings. The maximum absolute atomic E-state index is 13.0. The zero-order chi connectivity index (χ0) is 20.1. The SMILES string of the molecule is O=C(Nc1ccc(N2CCOCC2)nc1)c1ccc(Oc2ccc(F)cc2)cc1. The first-order valence-electron chi connectivity index (χ1n) is 9.31. The van der Waals surface area contributed by atoms with Gasteiger partial charge in [0.15, 0.2) is 0 Å². The fourth-order valence-corrected chi connectivity index (χ4v) is 2.96. The van der Waals surface area contributed by atoms with Crippen LogP contribution in [0, 0.1) is 5.82 Å². The molecule has 0 bridgehead atoms. The maximum Gasteiger partial charge on any atom is 0.255 e. The minimum absolute atomic E-state index is 0.237. The van der Waals surface area contributed by atoms with Gasteiger partial charge in [0, 0.05) is 18.7 Å². The Kier molecular flexibility index (Phi) is 5.67. The number of amides is 1. The number of carbonyl (C=O) groups excluding carboxylic acids is 1. The highest BCUT2D eigenvalue weighted by molar-refractivity contribution is 6.04. The summed E-state index contributed by atoms with van der Waals surface area (Å²) in [5, 5.41) is 2.84. The molecule has 1 saturated heterocycles. The van der Waals surface area contributed by atoms with Crippen LogP contribution in [0.2, 0.25) is 0 Å². The second kappa shape index (κ2) is 8.70. The van der Waals surface area contributed by atoms with Crippen molar-refractivity contribution in [1.29, 1.82) is 0 Å². The molecule has 4 rings (SSSR count). The normalized spacial score (nSPS) is 13.8. The molecule has 0 radical (unpaired) electrons. The molecule has 7 heteroatoms. The lowest BCUT2D eigenvalue weighted by molar-refractivity contribution is 0.102. The van der Waals surface area contributed by atoms with Gasteiger partial charge in [0.05, 0.1) is 25.1 Å². The molecule has 2 heterocycles. The lowest BCUT2D eigenvalue weighted by Gasteiger charge is -2.27. The smallest absolute Gasteiger partial charge is 0.255 e. The number of rotatable bonds is 5. The largest absolute Gasteiger partial charge is 0.457 e. The molecule has 0 atom stereocenters. The van der Waals surface area contributed by atoms with Crippen LogP contribution in [0.3, 0.4) is 0 Å². The van der Waals surface area contributed by atoms with E-state index in [1.54, 1.807) is 42.6 Å². The summed E-state index contributed by atoms with van der Waals surface area (Å²) in [5.41, 5.74) is 1.12. The van der Waals surface area contributed by atoms with Gasteiger partial charge in [-0.05, 0) is 60.7 Å². The Labute approximate surface area is 167 Å². The van der Waals surface area contributed by atoms with E-state index in [-0.39, 0.29) is 11.7 Å². The van der Waals surface area contributed by atoms with Crippen LogP contribution in [0.4, 0.5) is 15.9 Å². The molecule has 29 heavy (non-hydrogen) atoms. The highest BCUT2D eigenvalue weighted by Gasteiger charge is 2.13. The summed E-state index contributed by atoms with van der Waals surface area (Å²) in [4.78, 5) is 19.0. The fraction of sp³-hybridized carbons (Fsp3) is 0.182. The van der Waals surface area contributed by atoms with Gasteiger partial charge in [-0.25, -0.2) is 9.37 Å². The van der Waals surface area contributed by atoms with Crippen molar-refractivity contribution in [3.05, 3.63) is 78.2 Å². The molecule has 2 aromatic carbocycles. The Bertz CT molecular complexity index is 954. The second-order valence-corrected chi connectivity index (χ2v) is 6.54. The fourth-order valence-electron chi connectivity index (χ4n) is 2.96. The lowest BCUT2D eigenvalue weighted by atomic mass is 10.2. The summed E-state index contributed by atoms with van der Waals surface area (Å²) < 4.78 is 23.9. The number of nitrogens with zero attached hydrogens (tertiary/aromatic N) is 2. The Balaban J connectivity index is 1.36. The molecule has 148 valence electrons. The zero-order valence-electron chi connectivity index (χ0n) is 15.7. The number of benzene rings is 2. The topological polar surface area (TPSA) is 63.7 Å². The van der Waals surface area contributed by atoms with Crippen molar-refractivity contribution in [2.45, 2.75) is 0 Å². The third-order valence-electron chi connectivity index (χ3n) is 4.51. The lowest BCUT2D eigenvalue weighted by Crippen LogP contribution is -2.36. The van der Waals surface area contributed by atoms with E-state index < -0.39 is 0 Å². The summed E-state index contributed by atoms with van der Waals surface area (Å²) >= 11 is 0. The molecule has 1 N–H and O–H groups in total. The molecule has 1 aromatic heterocycles. The number of nitrogens with one attached hydrogen (secondary N) is 1. The predicted octanol–water partition coefficient (Wildman–Crippen LogP) is 4.10. The van der Waals surface area contributed by atoms with Gasteiger partial charge in [0.25, 0.3) is 5.91 Å². The molecule has 0 saturated carbocycles. The van der Waals surface area contributed by atoms with Gasteiger partial charge in [-0.2, -0.15) is 0 Å². The van der Waals surface area contributed by atoms with E-state index in [2.05, 4.69) is 15.2 Å². The number of halogens is 1. The van der Waals surface area contributed by atoms with Crippen molar-refractivity contribution < 1.29 is 18.7 Å². The van der Waals surface area contributed by atoms with Crippen LogP contribution in [-0.4, -0.2) is 37.2 Å². The van der Waals surface area contributed by atoms with Crippen molar-refractivity contribution in [3.8, 4) is 11.5 Å². The Hall–Kier alpha value is -3.45. The molecule has 1 aliphatic heterocycles. The van der Waals surface area contributed by atoms with Gasteiger partial charge < -0.3 is 19.7 Å². The predicted molar refractivity (Wildman–Crippen MR) is 108 cm³/mol. The molecule has 1 fully saturated rings. The average molecular weight is 393 g/mol. The van der Waals surface area contributed by atoms with E-state index in [1.807, 2.05) is 12.1 Å². The number of carbonyl (C=O) groups is 1. The number of pyridine rings is 1. The molecular formula is C22H20FN3O3. The number of aromatic nitrogens is 1. The first-order valence-corrected chi connectivity index (χ1v) is 9.31. The molecule has 1 aliphatic rings. The van der Waals surface area contributed by atoms with Gasteiger partial charge >= 0.3 is 0 Å². The first-order chi connectivity index (χ1) is 14.2. The number of ether oxygens (including phenoxy) is 2. The van der Waals surface area contributed by atoms with Crippen molar-refractivity contribution in [3.63, 3.8) is 0 Å². The Morgan fingerprint density at radius 1 is 0.966 bits per heavy atom. The van der Waals surface area contributed by atoms with E-state index in [9.17, 15) is 9.18 Å². The molecule has 1 amide bonds. The summed E-state index contributed by atoms with van der Waals surface area (Å²) in [5.74, 6) is 1.39. The van der Waals surface area contributed by atoms with Crippen molar-refractivity contribution in [2.24, 2.45) is 0 Å². The van der Waals surface area contributed by atoms with Crippen LogP contribution in [0.5, 0.6) is 11.5 Å². The number of hydrogen-bond acceptors (Lipinski definition) is 5. The summed E-state index contributed by atoms with van der Waals surface area (Å²) in [6.07, 6.45) is 1.65. The monoisotopic (exact) mass is 393 g/mol. The highest BCUT2D eigenvalue weighted by Crippen LogP contribution is 2.22. The third-order valence-corrected chi connectivity index (χ3v) is 4.51. The van der Waals surface area contributed by atoms with Crippen LogP contribution < -0.4 is 15.0 Å². The second-order valence-electron chi connectivity index (χ2n) is 6.54. The maximum atomic E-state index is 13.0. The minimum Gasteiger partial charge on any atom is -0.457 e. The van der Waals surface area contributed by atoms with Crippen LogP contribution >= 0.6 is 0 Å². The molecule has 0 aliphatic carbocycles. The molecule has 6 nitrogen and oxygen atoms in total. The van der Waals surface area contributed by atoms with Crippen LogP contribution in [0.25, 0.3) is 0 Å². The quantitative estimate of drug-likeness (QED) is 0.707. The Morgan fingerprint density at radius 2 is 1.62 bits per heavy atom. The van der Waals surface area contributed by atoms with Gasteiger partial charge in [0.1, 0.15) is 23.1 Å².